The van der Waals surface area contributed by atoms with E-state index in [-0.39, 0.29) is 6.04 Å². The van der Waals surface area contributed by atoms with Crippen LogP contribution in [0.5, 0.6) is 0 Å². The van der Waals surface area contributed by atoms with Gasteiger partial charge in [-0.25, -0.2) is 0 Å². The van der Waals surface area contributed by atoms with Gasteiger partial charge in [0.15, 0.2) is 0 Å². The van der Waals surface area contributed by atoms with Crippen molar-refractivity contribution in [2.75, 3.05) is 0 Å². The first-order valence-electron chi connectivity index (χ1n) is 6.74. The number of hydrogen-bond donors (Lipinski definition) is 1. The molecule has 2 N–H and O–H groups in total. The third kappa shape index (κ3) is 3.02. The van der Waals surface area contributed by atoms with Crippen molar-refractivity contribution in [1.82, 2.24) is 0 Å². The first-order chi connectivity index (χ1) is 8.24. The standard InChI is InChI=1S/C15H22IN/c1-2-11-7-3-4-8-12(11)15(17)13-9-5-6-10-14(13)16/h5-6,9-12,15H,2-4,7-8,17H2,1H3. The molecule has 0 saturated heterocycles. The van der Waals surface area contributed by atoms with Gasteiger partial charge in [0.1, 0.15) is 0 Å². The van der Waals surface area contributed by atoms with E-state index in [1.165, 1.54) is 41.2 Å². The third-order valence-corrected chi connectivity index (χ3v) is 5.20. The second kappa shape index (κ2) is 6.19. The number of hydrogen-bond acceptors (Lipinski definition) is 1. The van der Waals surface area contributed by atoms with Crippen LogP contribution < -0.4 is 5.73 Å². The second-order valence-electron chi connectivity index (χ2n) is 5.16. The van der Waals surface area contributed by atoms with Gasteiger partial charge in [-0.15, -0.1) is 0 Å². The topological polar surface area (TPSA) is 26.0 Å². The molecule has 2 heteroatoms. The van der Waals surface area contributed by atoms with Gasteiger partial charge in [-0.3, -0.25) is 0 Å². The van der Waals surface area contributed by atoms with E-state index in [0.29, 0.717) is 5.92 Å². The van der Waals surface area contributed by atoms with E-state index in [9.17, 15) is 0 Å². The highest BCUT2D eigenvalue weighted by Crippen LogP contribution is 2.39. The van der Waals surface area contributed by atoms with Crippen LogP contribution in [0.15, 0.2) is 24.3 Å². The zero-order valence-corrected chi connectivity index (χ0v) is 12.7. The van der Waals surface area contributed by atoms with Crippen molar-refractivity contribution < 1.29 is 0 Å². The molecule has 3 atom stereocenters. The van der Waals surface area contributed by atoms with Gasteiger partial charge >= 0.3 is 0 Å². The van der Waals surface area contributed by atoms with Crippen LogP contribution in [-0.4, -0.2) is 0 Å². The lowest BCUT2D eigenvalue weighted by molar-refractivity contribution is 0.196. The summed E-state index contributed by atoms with van der Waals surface area (Å²) in [6.07, 6.45) is 6.72. The first kappa shape index (κ1) is 13.3. The number of nitrogens with two attached hydrogens (primary N) is 1. The van der Waals surface area contributed by atoms with Gasteiger partial charge in [-0.2, -0.15) is 0 Å². The molecular formula is C15H22IN. The van der Waals surface area contributed by atoms with Crippen LogP contribution in [-0.2, 0) is 0 Å². The van der Waals surface area contributed by atoms with Crippen molar-refractivity contribution in [3.8, 4) is 0 Å². The Labute approximate surface area is 118 Å². The molecule has 1 saturated carbocycles. The Hall–Kier alpha value is -0.0900. The highest BCUT2D eigenvalue weighted by Gasteiger charge is 2.30. The molecule has 0 aromatic heterocycles. The summed E-state index contributed by atoms with van der Waals surface area (Å²) in [5.41, 5.74) is 7.88. The number of benzene rings is 1. The van der Waals surface area contributed by atoms with Crippen molar-refractivity contribution >= 4 is 22.6 Å². The van der Waals surface area contributed by atoms with Crippen molar-refractivity contribution in [2.24, 2.45) is 17.6 Å². The van der Waals surface area contributed by atoms with Crippen molar-refractivity contribution in [1.29, 1.82) is 0 Å². The minimum Gasteiger partial charge on any atom is -0.324 e. The maximum Gasteiger partial charge on any atom is 0.0336 e. The Kier molecular flexibility index (Phi) is 4.86. The Bertz CT molecular complexity index is 364. The van der Waals surface area contributed by atoms with Crippen LogP contribution >= 0.6 is 22.6 Å². The van der Waals surface area contributed by atoms with E-state index in [4.69, 9.17) is 5.73 Å². The predicted octanol–water partition coefficient (Wildman–Crippen LogP) is 4.51. The lowest BCUT2D eigenvalue weighted by Crippen LogP contribution is -2.30. The van der Waals surface area contributed by atoms with E-state index in [1.54, 1.807) is 0 Å². The summed E-state index contributed by atoms with van der Waals surface area (Å²) in [5.74, 6) is 1.51. The molecule has 1 aromatic carbocycles. The SMILES string of the molecule is CCC1CCCCC1C(N)c1ccccc1I. The summed E-state index contributed by atoms with van der Waals surface area (Å²) < 4.78 is 1.32. The highest BCUT2D eigenvalue weighted by molar-refractivity contribution is 14.1. The van der Waals surface area contributed by atoms with E-state index < -0.39 is 0 Å². The van der Waals surface area contributed by atoms with Gasteiger partial charge < -0.3 is 5.73 Å². The molecule has 1 aliphatic rings. The molecule has 0 aliphatic heterocycles. The molecule has 0 radical (unpaired) electrons. The fourth-order valence-corrected chi connectivity index (χ4v) is 3.94. The smallest absolute Gasteiger partial charge is 0.0336 e. The van der Waals surface area contributed by atoms with Crippen molar-refractivity contribution in [2.45, 2.75) is 45.1 Å². The summed E-state index contributed by atoms with van der Waals surface area (Å²) >= 11 is 2.41. The van der Waals surface area contributed by atoms with E-state index >= 15 is 0 Å². The lowest BCUT2D eigenvalue weighted by atomic mass is 9.73. The zero-order valence-electron chi connectivity index (χ0n) is 10.5. The molecule has 17 heavy (non-hydrogen) atoms. The molecule has 0 heterocycles. The van der Waals surface area contributed by atoms with Gasteiger partial charge in [-0.1, -0.05) is 50.8 Å². The molecule has 1 nitrogen and oxygen atoms in total. The summed E-state index contributed by atoms with van der Waals surface area (Å²) in [4.78, 5) is 0. The van der Waals surface area contributed by atoms with Crippen molar-refractivity contribution in [3.05, 3.63) is 33.4 Å². The van der Waals surface area contributed by atoms with Crippen LogP contribution in [0.4, 0.5) is 0 Å². The highest BCUT2D eigenvalue weighted by atomic mass is 127. The average molecular weight is 343 g/mol. The van der Waals surface area contributed by atoms with Crippen LogP contribution in [0, 0.1) is 15.4 Å². The Morgan fingerprint density at radius 2 is 2.00 bits per heavy atom. The second-order valence-corrected chi connectivity index (χ2v) is 6.33. The van der Waals surface area contributed by atoms with Gasteiger partial charge in [0.2, 0.25) is 0 Å². The molecular weight excluding hydrogens is 321 g/mol. The minimum absolute atomic E-state index is 0.230. The molecule has 1 fully saturated rings. The Morgan fingerprint density at radius 3 is 2.71 bits per heavy atom. The van der Waals surface area contributed by atoms with Crippen LogP contribution in [0.25, 0.3) is 0 Å². The molecule has 0 spiro atoms. The summed E-state index contributed by atoms with van der Waals surface area (Å²) in [7, 11) is 0. The van der Waals surface area contributed by atoms with Gasteiger partial charge in [0, 0.05) is 9.61 Å². The van der Waals surface area contributed by atoms with Crippen LogP contribution in [0.3, 0.4) is 0 Å². The van der Waals surface area contributed by atoms with Gasteiger partial charge in [0.05, 0.1) is 0 Å². The summed E-state index contributed by atoms with van der Waals surface area (Å²) in [5, 5.41) is 0. The lowest BCUT2D eigenvalue weighted by Gasteiger charge is -2.35. The maximum absolute atomic E-state index is 6.53. The molecule has 0 amide bonds. The number of halogens is 1. The number of rotatable bonds is 3. The Balaban J connectivity index is 2.18. The van der Waals surface area contributed by atoms with Gasteiger partial charge in [-0.05, 0) is 52.5 Å². The maximum atomic E-state index is 6.53. The first-order valence-corrected chi connectivity index (χ1v) is 7.82. The van der Waals surface area contributed by atoms with E-state index in [0.717, 1.165) is 5.92 Å². The molecule has 1 aliphatic carbocycles. The molecule has 3 unspecified atom stereocenters. The third-order valence-electron chi connectivity index (χ3n) is 4.22. The van der Waals surface area contributed by atoms with Crippen molar-refractivity contribution in [3.63, 3.8) is 0 Å². The molecule has 94 valence electrons. The zero-order chi connectivity index (χ0) is 12.3. The summed E-state index contributed by atoms with van der Waals surface area (Å²) in [6.45, 7) is 2.31. The van der Waals surface area contributed by atoms with E-state index in [2.05, 4.69) is 53.8 Å². The van der Waals surface area contributed by atoms with Crippen LogP contribution in [0.1, 0.15) is 50.6 Å². The molecule has 2 rings (SSSR count). The molecule has 0 bridgehead atoms. The van der Waals surface area contributed by atoms with Gasteiger partial charge in [0.25, 0.3) is 0 Å². The fraction of sp³-hybridized carbons (Fsp3) is 0.600. The minimum atomic E-state index is 0.230. The normalized spacial score (nSPS) is 26.8. The molecule has 1 aromatic rings. The summed E-state index contributed by atoms with van der Waals surface area (Å²) in [6, 6.07) is 8.80. The van der Waals surface area contributed by atoms with E-state index in [1.807, 2.05) is 0 Å². The predicted molar refractivity (Wildman–Crippen MR) is 81.8 cm³/mol. The quantitative estimate of drug-likeness (QED) is 0.803. The van der Waals surface area contributed by atoms with Crippen LogP contribution in [0.2, 0.25) is 0 Å². The monoisotopic (exact) mass is 343 g/mol. The fourth-order valence-electron chi connectivity index (χ4n) is 3.19. The average Bonchev–Trinajstić information content (AvgIpc) is 2.38. The Morgan fingerprint density at radius 1 is 1.29 bits per heavy atom. The largest absolute Gasteiger partial charge is 0.324 e.